The van der Waals surface area contributed by atoms with Crippen molar-refractivity contribution in [1.82, 2.24) is 14.5 Å². The zero-order chi connectivity index (χ0) is 18.4. The lowest BCUT2D eigenvalue weighted by molar-refractivity contribution is -0.128. The predicted molar refractivity (Wildman–Crippen MR) is 104 cm³/mol. The topological polar surface area (TPSA) is 58.4 Å². The third-order valence-corrected chi connectivity index (χ3v) is 5.68. The standard InChI is InChI=1S/C20H27N3O2S/c1-16-6-8-17(9-7-16)12-23-13-18(14-24)21-20(23)26-15-19(25)22-10-4-2-3-5-11-22/h6-9,13,24H,2-5,10-12,14-15H2,1H3. The SMILES string of the molecule is Cc1ccc(Cn2cc(CO)nc2SCC(=O)N2CCCCCC2)cc1. The molecule has 0 saturated carbocycles. The molecule has 0 unspecified atom stereocenters. The van der Waals surface area contributed by atoms with Crippen molar-refractivity contribution in [3.63, 3.8) is 0 Å². The molecule has 3 rings (SSSR count). The van der Waals surface area contributed by atoms with E-state index in [2.05, 4.69) is 36.2 Å². The monoisotopic (exact) mass is 373 g/mol. The van der Waals surface area contributed by atoms with Crippen molar-refractivity contribution in [3.8, 4) is 0 Å². The Labute approximate surface area is 159 Å². The van der Waals surface area contributed by atoms with E-state index < -0.39 is 0 Å². The van der Waals surface area contributed by atoms with Crippen LogP contribution >= 0.6 is 11.8 Å². The average Bonchev–Trinajstić information content (AvgIpc) is 2.84. The van der Waals surface area contributed by atoms with Crippen molar-refractivity contribution in [1.29, 1.82) is 0 Å². The quantitative estimate of drug-likeness (QED) is 0.790. The fourth-order valence-electron chi connectivity index (χ4n) is 3.18. The first kappa shape index (κ1) is 19.0. The summed E-state index contributed by atoms with van der Waals surface area (Å²) in [5.41, 5.74) is 3.05. The summed E-state index contributed by atoms with van der Waals surface area (Å²) in [4.78, 5) is 19.0. The highest BCUT2D eigenvalue weighted by atomic mass is 32.2. The molecule has 1 aliphatic heterocycles. The van der Waals surface area contributed by atoms with Gasteiger partial charge in [0.2, 0.25) is 5.91 Å². The van der Waals surface area contributed by atoms with E-state index in [0.29, 0.717) is 18.0 Å². The van der Waals surface area contributed by atoms with Crippen molar-refractivity contribution in [3.05, 3.63) is 47.3 Å². The van der Waals surface area contributed by atoms with Gasteiger partial charge in [0, 0.05) is 25.8 Å². The second kappa shape index (κ2) is 9.24. The molecule has 2 heterocycles. The molecule has 0 atom stereocenters. The van der Waals surface area contributed by atoms with Crippen LogP contribution in [0.2, 0.25) is 0 Å². The summed E-state index contributed by atoms with van der Waals surface area (Å²) in [5, 5.41) is 10.2. The summed E-state index contributed by atoms with van der Waals surface area (Å²) in [6, 6.07) is 8.39. The lowest BCUT2D eigenvalue weighted by Gasteiger charge is -2.20. The smallest absolute Gasteiger partial charge is 0.233 e. The minimum absolute atomic E-state index is 0.0888. The Morgan fingerprint density at radius 2 is 1.85 bits per heavy atom. The Kier molecular flexibility index (Phi) is 6.74. The van der Waals surface area contributed by atoms with Crippen molar-refractivity contribution in [2.75, 3.05) is 18.8 Å². The molecule has 140 valence electrons. The zero-order valence-corrected chi connectivity index (χ0v) is 16.2. The molecule has 0 radical (unpaired) electrons. The number of hydrogen-bond acceptors (Lipinski definition) is 4. The molecule has 0 bridgehead atoms. The lowest BCUT2D eigenvalue weighted by atomic mass is 10.1. The Hall–Kier alpha value is -1.79. The van der Waals surface area contributed by atoms with Gasteiger partial charge in [-0.2, -0.15) is 0 Å². The number of thioether (sulfide) groups is 1. The summed E-state index contributed by atoms with van der Waals surface area (Å²) < 4.78 is 2.02. The van der Waals surface area contributed by atoms with Crippen LogP contribution in [-0.4, -0.2) is 44.3 Å². The van der Waals surface area contributed by atoms with Crippen LogP contribution in [-0.2, 0) is 17.9 Å². The maximum absolute atomic E-state index is 12.5. The van der Waals surface area contributed by atoms with Crippen molar-refractivity contribution in [2.45, 2.75) is 50.9 Å². The van der Waals surface area contributed by atoms with Crippen LogP contribution in [0.25, 0.3) is 0 Å². The van der Waals surface area contributed by atoms with Crippen LogP contribution in [0, 0.1) is 6.92 Å². The second-order valence-electron chi connectivity index (χ2n) is 6.87. The van der Waals surface area contributed by atoms with Gasteiger partial charge in [-0.25, -0.2) is 4.98 Å². The average molecular weight is 374 g/mol. The van der Waals surface area contributed by atoms with Crippen molar-refractivity contribution < 1.29 is 9.90 Å². The Balaban J connectivity index is 1.65. The third kappa shape index (κ3) is 5.11. The predicted octanol–water partition coefficient (Wildman–Crippen LogP) is 3.23. The molecule has 0 spiro atoms. The van der Waals surface area contributed by atoms with E-state index in [1.807, 2.05) is 15.7 Å². The van der Waals surface area contributed by atoms with Crippen LogP contribution in [0.5, 0.6) is 0 Å². The largest absolute Gasteiger partial charge is 0.390 e. The zero-order valence-electron chi connectivity index (χ0n) is 15.4. The van der Waals surface area contributed by atoms with E-state index in [0.717, 1.165) is 31.1 Å². The molecule has 1 amide bonds. The Morgan fingerprint density at radius 3 is 2.50 bits per heavy atom. The highest BCUT2D eigenvalue weighted by molar-refractivity contribution is 7.99. The number of carbonyl (C=O) groups is 1. The van der Waals surface area contributed by atoms with Crippen molar-refractivity contribution >= 4 is 17.7 Å². The fourth-order valence-corrected chi connectivity index (χ4v) is 4.08. The number of imidazole rings is 1. The summed E-state index contributed by atoms with van der Waals surface area (Å²) in [5.74, 6) is 0.586. The van der Waals surface area contributed by atoms with Gasteiger partial charge in [-0.1, -0.05) is 54.4 Å². The Bertz CT molecular complexity index is 719. The number of aromatic nitrogens is 2. The maximum Gasteiger partial charge on any atom is 0.233 e. The first-order chi connectivity index (χ1) is 12.7. The maximum atomic E-state index is 12.5. The molecule has 2 aromatic rings. The molecule has 1 saturated heterocycles. The minimum Gasteiger partial charge on any atom is -0.390 e. The van der Waals surface area contributed by atoms with Gasteiger partial charge in [-0.3, -0.25) is 4.79 Å². The van der Waals surface area contributed by atoms with Gasteiger partial charge in [-0.15, -0.1) is 0 Å². The van der Waals surface area contributed by atoms with E-state index in [1.165, 1.54) is 35.7 Å². The van der Waals surface area contributed by atoms with E-state index in [9.17, 15) is 9.90 Å². The van der Waals surface area contributed by atoms with E-state index in [1.54, 1.807) is 0 Å². The van der Waals surface area contributed by atoms with Crippen LogP contribution in [0.3, 0.4) is 0 Å². The number of aryl methyl sites for hydroxylation is 1. The number of amides is 1. The van der Waals surface area contributed by atoms with Crippen LogP contribution in [0.4, 0.5) is 0 Å². The number of aliphatic hydroxyl groups excluding tert-OH is 1. The minimum atomic E-state index is -0.0888. The van der Waals surface area contributed by atoms with E-state index in [4.69, 9.17) is 0 Å². The van der Waals surface area contributed by atoms with Crippen LogP contribution in [0.1, 0.15) is 42.5 Å². The number of benzene rings is 1. The number of rotatable bonds is 6. The van der Waals surface area contributed by atoms with E-state index >= 15 is 0 Å². The number of carbonyl (C=O) groups excluding carboxylic acids is 1. The van der Waals surface area contributed by atoms with Gasteiger partial charge in [0.25, 0.3) is 0 Å². The molecule has 1 aromatic carbocycles. The number of hydrogen-bond donors (Lipinski definition) is 1. The highest BCUT2D eigenvalue weighted by Crippen LogP contribution is 2.21. The molecule has 1 aliphatic rings. The third-order valence-electron chi connectivity index (χ3n) is 4.71. The molecule has 1 fully saturated rings. The van der Waals surface area contributed by atoms with Crippen molar-refractivity contribution in [2.24, 2.45) is 0 Å². The summed E-state index contributed by atoms with van der Waals surface area (Å²) in [6.45, 7) is 4.42. The normalized spacial score (nSPS) is 15.1. The fraction of sp³-hybridized carbons (Fsp3) is 0.500. The van der Waals surface area contributed by atoms with Gasteiger partial charge >= 0.3 is 0 Å². The summed E-state index contributed by atoms with van der Waals surface area (Å²) in [6.07, 6.45) is 6.52. The molecule has 26 heavy (non-hydrogen) atoms. The van der Waals surface area contributed by atoms with E-state index in [-0.39, 0.29) is 12.5 Å². The number of likely N-dealkylation sites (tertiary alicyclic amines) is 1. The molecule has 1 aromatic heterocycles. The Morgan fingerprint density at radius 1 is 1.15 bits per heavy atom. The summed E-state index contributed by atoms with van der Waals surface area (Å²) >= 11 is 1.46. The van der Waals surface area contributed by atoms with Gasteiger partial charge in [0.1, 0.15) is 0 Å². The molecule has 6 heteroatoms. The lowest BCUT2D eigenvalue weighted by Crippen LogP contribution is -2.33. The van der Waals surface area contributed by atoms with Gasteiger partial charge in [0.05, 0.1) is 18.1 Å². The molecule has 0 aliphatic carbocycles. The van der Waals surface area contributed by atoms with Gasteiger partial charge < -0.3 is 14.6 Å². The number of nitrogens with zero attached hydrogens (tertiary/aromatic N) is 3. The highest BCUT2D eigenvalue weighted by Gasteiger charge is 2.17. The molecule has 5 nitrogen and oxygen atoms in total. The van der Waals surface area contributed by atoms with Gasteiger partial charge in [-0.05, 0) is 25.3 Å². The summed E-state index contributed by atoms with van der Waals surface area (Å²) in [7, 11) is 0. The second-order valence-corrected chi connectivity index (χ2v) is 7.81. The van der Waals surface area contributed by atoms with Crippen LogP contribution in [0.15, 0.2) is 35.6 Å². The first-order valence-corrected chi connectivity index (χ1v) is 10.3. The molecular formula is C20H27N3O2S. The van der Waals surface area contributed by atoms with Crippen LogP contribution < -0.4 is 0 Å². The van der Waals surface area contributed by atoms with Gasteiger partial charge in [0.15, 0.2) is 5.16 Å². The molecule has 1 N–H and O–H groups in total. The molecular weight excluding hydrogens is 346 g/mol. The number of aliphatic hydroxyl groups is 1. The first-order valence-electron chi connectivity index (χ1n) is 9.29.